The topological polar surface area (TPSA) is 26.3 Å². The van der Waals surface area contributed by atoms with Crippen LogP contribution in [0.25, 0.3) is 0 Å². The Labute approximate surface area is 71.9 Å². The number of rotatable bonds is 3. The number of hydrogen-bond donors (Lipinski definition) is 0. The van der Waals surface area contributed by atoms with Gasteiger partial charge in [0.25, 0.3) is 6.47 Å². The van der Waals surface area contributed by atoms with Crippen molar-refractivity contribution >= 4 is 18.1 Å². The van der Waals surface area contributed by atoms with Gasteiger partial charge in [0.2, 0.25) is 0 Å². The van der Waals surface area contributed by atoms with Crippen LogP contribution in [0.4, 0.5) is 0 Å². The number of hydrogen-bond acceptors (Lipinski definition) is 2. The average molecular weight is 177 g/mol. The second-order valence-corrected chi connectivity index (χ2v) is 3.55. The highest BCUT2D eigenvalue weighted by molar-refractivity contribution is 6.20. The molecule has 3 heteroatoms. The molecule has 1 saturated carbocycles. The predicted molar refractivity (Wildman–Crippen MR) is 43.6 cm³/mol. The maximum atomic E-state index is 9.89. The molecule has 0 aromatic rings. The summed E-state index contributed by atoms with van der Waals surface area (Å²) in [6.45, 7) is 0.996. The van der Waals surface area contributed by atoms with E-state index in [0.29, 0.717) is 19.0 Å². The number of ether oxygens (including phenoxy) is 1. The molecule has 0 bridgehead atoms. The summed E-state index contributed by atoms with van der Waals surface area (Å²) < 4.78 is 4.68. The summed E-state index contributed by atoms with van der Waals surface area (Å²) in [5, 5.41) is 0.212. The van der Waals surface area contributed by atoms with Gasteiger partial charge >= 0.3 is 0 Å². The number of carbonyl (C=O) groups is 1. The molecule has 0 aromatic heterocycles. The molecular weight excluding hydrogens is 164 g/mol. The van der Waals surface area contributed by atoms with E-state index in [1.165, 1.54) is 12.8 Å². The van der Waals surface area contributed by atoms with Crippen LogP contribution in [0.15, 0.2) is 0 Å². The van der Waals surface area contributed by atoms with Crippen molar-refractivity contribution in [3.63, 3.8) is 0 Å². The highest BCUT2D eigenvalue weighted by Crippen LogP contribution is 2.28. The van der Waals surface area contributed by atoms with Gasteiger partial charge in [-0.25, -0.2) is 0 Å². The van der Waals surface area contributed by atoms with Crippen LogP contribution in [-0.4, -0.2) is 18.5 Å². The zero-order chi connectivity index (χ0) is 8.10. The smallest absolute Gasteiger partial charge is 0.293 e. The summed E-state index contributed by atoms with van der Waals surface area (Å²) in [5.74, 6) is 0.385. The molecular formula is C8H13ClO2. The van der Waals surface area contributed by atoms with Gasteiger partial charge in [-0.05, 0) is 12.8 Å². The molecule has 0 aromatic carbocycles. The molecule has 0 heterocycles. The summed E-state index contributed by atoms with van der Waals surface area (Å²) in [6, 6.07) is 0. The van der Waals surface area contributed by atoms with Crippen molar-refractivity contribution in [3.8, 4) is 0 Å². The van der Waals surface area contributed by atoms with Gasteiger partial charge in [0.15, 0.2) is 0 Å². The third-order valence-corrected chi connectivity index (χ3v) is 2.77. The molecule has 2 nitrogen and oxygen atoms in total. The van der Waals surface area contributed by atoms with Crippen molar-refractivity contribution < 1.29 is 9.53 Å². The SMILES string of the molecule is O=COCC1CCCCC1Cl. The third kappa shape index (κ3) is 2.70. The first kappa shape index (κ1) is 8.85. The lowest BCUT2D eigenvalue weighted by Gasteiger charge is -2.25. The third-order valence-electron chi connectivity index (χ3n) is 2.19. The molecule has 11 heavy (non-hydrogen) atoms. The van der Waals surface area contributed by atoms with E-state index < -0.39 is 0 Å². The molecule has 2 unspecified atom stereocenters. The second kappa shape index (κ2) is 4.60. The van der Waals surface area contributed by atoms with Crippen molar-refractivity contribution in [3.05, 3.63) is 0 Å². The number of alkyl halides is 1. The van der Waals surface area contributed by atoms with Gasteiger partial charge in [0.05, 0.1) is 6.61 Å². The Balaban J connectivity index is 2.23. The zero-order valence-corrected chi connectivity index (χ0v) is 7.22. The fourth-order valence-corrected chi connectivity index (χ4v) is 1.87. The molecule has 0 spiro atoms. The first-order valence-electron chi connectivity index (χ1n) is 4.04. The second-order valence-electron chi connectivity index (χ2n) is 2.99. The maximum Gasteiger partial charge on any atom is 0.293 e. The first-order chi connectivity index (χ1) is 5.34. The highest BCUT2D eigenvalue weighted by Gasteiger charge is 2.23. The van der Waals surface area contributed by atoms with Crippen molar-refractivity contribution in [2.45, 2.75) is 31.1 Å². The lowest BCUT2D eigenvalue weighted by molar-refractivity contribution is -0.130. The van der Waals surface area contributed by atoms with Gasteiger partial charge in [-0.3, -0.25) is 4.79 Å². The minimum Gasteiger partial charge on any atom is -0.468 e. The van der Waals surface area contributed by atoms with Crippen molar-refractivity contribution in [2.75, 3.05) is 6.61 Å². The molecule has 0 amide bonds. The van der Waals surface area contributed by atoms with Crippen molar-refractivity contribution in [2.24, 2.45) is 5.92 Å². The zero-order valence-electron chi connectivity index (χ0n) is 6.46. The van der Waals surface area contributed by atoms with E-state index >= 15 is 0 Å². The van der Waals surface area contributed by atoms with Crippen molar-refractivity contribution in [1.29, 1.82) is 0 Å². The number of halogens is 1. The van der Waals surface area contributed by atoms with Crippen LogP contribution < -0.4 is 0 Å². The van der Waals surface area contributed by atoms with E-state index in [4.69, 9.17) is 11.6 Å². The Hall–Kier alpha value is -0.240. The standard InChI is InChI=1S/C8H13ClO2/c9-8-4-2-1-3-7(8)5-11-6-10/h6-8H,1-5H2. The molecule has 0 N–H and O–H groups in total. The van der Waals surface area contributed by atoms with E-state index in [-0.39, 0.29) is 5.38 Å². The van der Waals surface area contributed by atoms with E-state index in [9.17, 15) is 4.79 Å². The lowest BCUT2D eigenvalue weighted by Crippen LogP contribution is -2.24. The van der Waals surface area contributed by atoms with Crippen LogP contribution in [0.1, 0.15) is 25.7 Å². The molecule has 0 radical (unpaired) electrons. The minimum absolute atomic E-state index is 0.212. The molecule has 0 aliphatic heterocycles. The van der Waals surface area contributed by atoms with Gasteiger partial charge in [-0.2, -0.15) is 0 Å². The summed E-state index contributed by atoms with van der Waals surface area (Å²) in [7, 11) is 0. The number of carbonyl (C=O) groups excluding carboxylic acids is 1. The Morgan fingerprint density at radius 1 is 1.45 bits per heavy atom. The molecule has 1 fully saturated rings. The minimum atomic E-state index is 0.212. The molecule has 0 saturated heterocycles. The van der Waals surface area contributed by atoms with Gasteiger partial charge in [0.1, 0.15) is 0 Å². The Bertz CT molecular complexity index is 127. The average Bonchev–Trinajstić information content (AvgIpc) is 2.03. The van der Waals surface area contributed by atoms with Crippen LogP contribution >= 0.6 is 11.6 Å². The summed E-state index contributed by atoms with van der Waals surface area (Å²) in [5.41, 5.74) is 0. The normalized spacial score (nSPS) is 31.4. The first-order valence-corrected chi connectivity index (χ1v) is 4.47. The van der Waals surface area contributed by atoms with E-state index in [1.54, 1.807) is 0 Å². The van der Waals surface area contributed by atoms with E-state index in [2.05, 4.69) is 4.74 Å². The largest absolute Gasteiger partial charge is 0.468 e. The summed E-state index contributed by atoms with van der Waals surface area (Å²) in [4.78, 5) is 9.89. The molecule has 2 atom stereocenters. The highest BCUT2D eigenvalue weighted by atomic mass is 35.5. The monoisotopic (exact) mass is 176 g/mol. The van der Waals surface area contributed by atoms with Crippen LogP contribution in [-0.2, 0) is 9.53 Å². The fourth-order valence-electron chi connectivity index (χ4n) is 1.51. The molecule has 64 valence electrons. The van der Waals surface area contributed by atoms with Crippen LogP contribution in [0.5, 0.6) is 0 Å². The quantitative estimate of drug-likeness (QED) is 0.486. The van der Waals surface area contributed by atoms with Crippen LogP contribution in [0.2, 0.25) is 0 Å². The Morgan fingerprint density at radius 2 is 2.18 bits per heavy atom. The van der Waals surface area contributed by atoms with Crippen LogP contribution in [0.3, 0.4) is 0 Å². The Morgan fingerprint density at radius 3 is 2.82 bits per heavy atom. The van der Waals surface area contributed by atoms with Crippen molar-refractivity contribution in [1.82, 2.24) is 0 Å². The maximum absolute atomic E-state index is 9.89. The fraction of sp³-hybridized carbons (Fsp3) is 0.875. The summed E-state index contributed by atoms with van der Waals surface area (Å²) in [6.07, 6.45) is 4.60. The van der Waals surface area contributed by atoms with Gasteiger partial charge in [0, 0.05) is 11.3 Å². The van der Waals surface area contributed by atoms with Crippen LogP contribution in [0, 0.1) is 5.92 Å². The van der Waals surface area contributed by atoms with Gasteiger partial charge in [-0.1, -0.05) is 12.8 Å². The summed E-state index contributed by atoms with van der Waals surface area (Å²) >= 11 is 6.02. The molecule has 1 aliphatic carbocycles. The van der Waals surface area contributed by atoms with Gasteiger partial charge in [-0.15, -0.1) is 11.6 Å². The van der Waals surface area contributed by atoms with E-state index in [0.717, 1.165) is 12.8 Å². The lowest BCUT2D eigenvalue weighted by atomic mass is 9.89. The predicted octanol–water partition coefficient (Wildman–Crippen LogP) is 1.96. The van der Waals surface area contributed by atoms with Gasteiger partial charge < -0.3 is 4.74 Å². The molecule has 1 rings (SSSR count). The Kier molecular flexibility index (Phi) is 3.70. The molecule has 1 aliphatic rings. The van der Waals surface area contributed by atoms with E-state index in [1.807, 2.05) is 0 Å².